The van der Waals surface area contributed by atoms with Crippen LogP contribution in [0.15, 0.2) is 0 Å². The van der Waals surface area contributed by atoms with Gasteiger partial charge in [-0.25, -0.2) is 0 Å². The summed E-state index contributed by atoms with van der Waals surface area (Å²) in [4.78, 5) is 2.46. The number of rotatable bonds is 6. The lowest BCUT2D eigenvalue weighted by molar-refractivity contribution is 0.280. The summed E-state index contributed by atoms with van der Waals surface area (Å²) in [5.74, 6) is 2.98. The predicted molar refractivity (Wildman–Crippen MR) is 94.1 cm³/mol. The van der Waals surface area contributed by atoms with Crippen molar-refractivity contribution in [2.45, 2.75) is 31.2 Å². The van der Waals surface area contributed by atoms with Crippen molar-refractivity contribution >= 4 is 5.69 Å². The van der Waals surface area contributed by atoms with Crippen LogP contribution in [0.5, 0.6) is 23.0 Å². The lowest BCUT2D eigenvalue weighted by Gasteiger charge is -2.25. The first kappa shape index (κ1) is 17.0. The number of nitrogens with zero attached hydrogens (tertiary/aromatic N) is 1. The molecule has 1 fully saturated rings. The number of likely N-dealkylation sites (tertiary alicyclic amines) is 1. The second-order valence-electron chi connectivity index (χ2n) is 6.51. The van der Waals surface area contributed by atoms with Gasteiger partial charge in [-0.2, -0.15) is 0 Å². The van der Waals surface area contributed by atoms with Gasteiger partial charge in [0.1, 0.15) is 0 Å². The molecule has 1 saturated heterocycles. The van der Waals surface area contributed by atoms with Gasteiger partial charge >= 0.3 is 0 Å². The molecule has 6 heteroatoms. The van der Waals surface area contributed by atoms with Crippen LogP contribution in [0.2, 0.25) is 0 Å². The maximum Gasteiger partial charge on any atom is 0.209 e. The third-order valence-electron chi connectivity index (χ3n) is 5.34. The van der Waals surface area contributed by atoms with Gasteiger partial charge in [0.2, 0.25) is 11.5 Å². The van der Waals surface area contributed by atoms with Crippen LogP contribution in [0, 0.1) is 0 Å². The van der Waals surface area contributed by atoms with E-state index in [4.69, 9.17) is 18.9 Å². The highest BCUT2D eigenvalue weighted by Gasteiger charge is 2.37. The summed E-state index contributed by atoms with van der Waals surface area (Å²) in [6.45, 7) is 2.06. The highest BCUT2D eigenvalue weighted by molar-refractivity contribution is 5.80. The van der Waals surface area contributed by atoms with Gasteiger partial charge in [-0.15, -0.1) is 0 Å². The predicted octanol–water partition coefficient (Wildman–Crippen LogP) is 2.71. The van der Waals surface area contributed by atoms with Crippen molar-refractivity contribution in [2.75, 3.05) is 53.9 Å². The Labute approximate surface area is 144 Å². The molecule has 3 rings (SSSR count). The second-order valence-corrected chi connectivity index (χ2v) is 6.51. The molecular weight excluding hydrogens is 308 g/mol. The molecule has 134 valence electrons. The molecule has 2 heterocycles. The lowest BCUT2D eigenvalue weighted by Crippen LogP contribution is -2.27. The Morgan fingerprint density at radius 3 is 2.12 bits per heavy atom. The molecule has 24 heavy (non-hydrogen) atoms. The Kier molecular flexibility index (Phi) is 4.94. The molecule has 2 aliphatic rings. The molecule has 0 spiro atoms. The number of ether oxygens (including phenoxy) is 4. The number of benzene rings is 1. The van der Waals surface area contributed by atoms with E-state index in [1.54, 1.807) is 28.4 Å². The van der Waals surface area contributed by atoms with Gasteiger partial charge in [0.05, 0.1) is 34.1 Å². The van der Waals surface area contributed by atoms with Crippen molar-refractivity contribution in [1.29, 1.82) is 0 Å². The molecule has 1 unspecified atom stereocenters. The Morgan fingerprint density at radius 1 is 0.958 bits per heavy atom. The third kappa shape index (κ3) is 2.62. The average molecular weight is 336 g/mol. The van der Waals surface area contributed by atoms with E-state index in [0.29, 0.717) is 29.2 Å². The molecule has 1 aromatic carbocycles. The van der Waals surface area contributed by atoms with Crippen molar-refractivity contribution in [3.8, 4) is 23.0 Å². The van der Waals surface area contributed by atoms with Crippen molar-refractivity contribution in [3.63, 3.8) is 0 Å². The van der Waals surface area contributed by atoms with Crippen molar-refractivity contribution < 1.29 is 18.9 Å². The Hall–Kier alpha value is -1.82. The molecular formula is C18H28N2O4. The summed E-state index contributed by atoms with van der Waals surface area (Å²) in [5, 5.41) is 3.50. The molecule has 0 saturated carbocycles. The summed E-state index contributed by atoms with van der Waals surface area (Å²) in [5.41, 5.74) is 2.12. The smallest absolute Gasteiger partial charge is 0.209 e. The zero-order valence-electron chi connectivity index (χ0n) is 15.3. The van der Waals surface area contributed by atoms with E-state index in [-0.39, 0.29) is 0 Å². The van der Waals surface area contributed by atoms with E-state index < -0.39 is 0 Å². The first-order valence-electron chi connectivity index (χ1n) is 8.50. The van der Waals surface area contributed by atoms with Gasteiger partial charge in [0.25, 0.3) is 0 Å². The minimum Gasteiger partial charge on any atom is -0.492 e. The number of hydrogen-bond acceptors (Lipinski definition) is 6. The molecule has 2 aliphatic heterocycles. The summed E-state index contributed by atoms with van der Waals surface area (Å²) in [6.07, 6.45) is 3.64. The first-order chi connectivity index (χ1) is 11.7. The second kappa shape index (κ2) is 6.97. The van der Waals surface area contributed by atoms with Crippen LogP contribution in [0.1, 0.15) is 30.7 Å². The minimum atomic E-state index is 0.370. The van der Waals surface area contributed by atoms with Gasteiger partial charge in [0.15, 0.2) is 11.5 Å². The van der Waals surface area contributed by atoms with E-state index in [0.717, 1.165) is 30.0 Å². The summed E-state index contributed by atoms with van der Waals surface area (Å²) in [7, 11) is 8.80. The highest BCUT2D eigenvalue weighted by Crippen LogP contribution is 2.57. The molecule has 0 aromatic heterocycles. The minimum absolute atomic E-state index is 0.370. The van der Waals surface area contributed by atoms with Crippen LogP contribution in [0.3, 0.4) is 0 Å². The van der Waals surface area contributed by atoms with Crippen LogP contribution < -0.4 is 24.3 Å². The van der Waals surface area contributed by atoms with E-state index in [1.165, 1.54) is 19.4 Å². The number of anilines is 1. The molecule has 1 aromatic rings. The van der Waals surface area contributed by atoms with Gasteiger partial charge in [-0.3, -0.25) is 0 Å². The van der Waals surface area contributed by atoms with E-state index in [2.05, 4.69) is 17.3 Å². The standard InChI is InChI=1S/C18H28N2O4/c1-20-8-6-7-12(20)9-11-10-19-14-13(11)15(21-2)17(23-4)18(24-5)16(14)22-3/h11-12,19H,6-10H2,1-5H3/t11?,12-/m1/s1. The highest BCUT2D eigenvalue weighted by atomic mass is 16.5. The largest absolute Gasteiger partial charge is 0.492 e. The van der Waals surface area contributed by atoms with Crippen LogP contribution >= 0.6 is 0 Å². The van der Waals surface area contributed by atoms with E-state index in [9.17, 15) is 0 Å². The van der Waals surface area contributed by atoms with Crippen LogP contribution in [0.4, 0.5) is 5.69 Å². The lowest BCUT2D eigenvalue weighted by atomic mass is 9.91. The molecule has 1 N–H and O–H groups in total. The van der Waals surface area contributed by atoms with Crippen LogP contribution in [-0.4, -0.2) is 59.5 Å². The monoisotopic (exact) mass is 336 g/mol. The number of methoxy groups -OCH3 is 4. The Morgan fingerprint density at radius 2 is 1.58 bits per heavy atom. The SMILES string of the molecule is COc1c2c(c(OC)c(OC)c1OC)C(C[C@H]1CCCN1C)CN2. The van der Waals surface area contributed by atoms with Crippen molar-refractivity contribution in [2.24, 2.45) is 0 Å². The van der Waals surface area contributed by atoms with Crippen LogP contribution in [0.25, 0.3) is 0 Å². The number of nitrogens with one attached hydrogen (secondary N) is 1. The Balaban J connectivity index is 2.05. The number of fused-ring (bicyclic) bond motifs is 1. The molecule has 0 amide bonds. The summed E-state index contributed by atoms with van der Waals surface area (Å²) in [6, 6.07) is 0.617. The molecule has 0 bridgehead atoms. The maximum atomic E-state index is 5.73. The Bertz CT molecular complexity index is 605. The van der Waals surface area contributed by atoms with Gasteiger partial charge in [-0.1, -0.05) is 0 Å². The fourth-order valence-electron chi connectivity index (χ4n) is 4.15. The number of hydrogen-bond donors (Lipinski definition) is 1. The van der Waals surface area contributed by atoms with Crippen LogP contribution in [-0.2, 0) is 0 Å². The molecule has 6 nitrogen and oxygen atoms in total. The van der Waals surface area contributed by atoms with E-state index in [1.807, 2.05) is 0 Å². The summed E-state index contributed by atoms with van der Waals surface area (Å²) < 4.78 is 22.5. The van der Waals surface area contributed by atoms with Crippen molar-refractivity contribution in [1.82, 2.24) is 4.90 Å². The first-order valence-corrected chi connectivity index (χ1v) is 8.50. The molecule has 0 radical (unpaired) electrons. The van der Waals surface area contributed by atoms with Crippen molar-refractivity contribution in [3.05, 3.63) is 5.56 Å². The van der Waals surface area contributed by atoms with Gasteiger partial charge < -0.3 is 29.2 Å². The van der Waals surface area contributed by atoms with Gasteiger partial charge in [-0.05, 0) is 32.9 Å². The van der Waals surface area contributed by atoms with Gasteiger partial charge in [0, 0.05) is 24.1 Å². The summed E-state index contributed by atoms with van der Waals surface area (Å²) >= 11 is 0. The quantitative estimate of drug-likeness (QED) is 0.862. The third-order valence-corrected chi connectivity index (χ3v) is 5.34. The normalized spacial score (nSPS) is 22.9. The zero-order valence-corrected chi connectivity index (χ0v) is 15.3. The zero-order chi connectivity index (χ0) is 17.3. The molecule has 2 atom stereocenters. The average Bonchev–Trinajstić information content (AvgIpc) is 3.19. The van der Waals surface area contributed by atoms with E-state index >= 15 is 0 Å². The maximum absolute atomic E-state index is 5.73. The molecule has 0 aliphatic carbocycles. The topological polar surface area (TPSA) is 52.2 Å². The fourth-order valence-corrected chi connectivity index (χ4v) is 4.15. The fraction of sp³-hybridized carbons (Fsp3) is 0.667.